The Bertz CT molecular complexity index is 325. The summed E-state index contributed by atoms with van der Waals surface area (Å²) in [6, 6.07) is 7.06. The molecule has 1 fully saturated rings. The van der Waals surface area contributed by atoms with E-state index >= 15 is 0 Å². The lowest BCUT2D eigenvalue weighted by Crippen LogP contribution is -2.33. The predicted molar refractivity (Wildman–Crippen MR) is 69.7 cm³/mol. The van der Waals surface area contributed by atoms with E-state index in [9.17, 15) is 4.39 Å². The van der Waals surface area contributed by atoms with Crippen molar-refractivity contribution in [3.05, 3.63) is 35.6 Å². The van der Waals surface area contributed by atoms with Crippen molar-refractivity contribution in [1.82, 2.24) is 4.90 Å². The summed E-state index contributed by atoms with van der Waals surface area (Å²) in [4.78, 5) is 2.56. The van der Waals surface area contributed by atoms with Crippen LogP contribution in [0.2, 0.25) is 0 Å². The van der Waals surface area contributed by atoms with Crippen LogP contribution >= 0.6 is 0 Å². The van der Waals surface area contributed by atoms with E-state index in [0.29, 0.717) is 5.92 Å². The van der Waals surface area contributed by atoms with Gasteiger partial charge in [0.05, 0.1) is 0 Å². The minimum atomic E-state index is -0.130. The van der Waals surface area contributed by atoms with Gasteiger partial charge >= 0.3 is 0 Å². The molecule has 0 N–H and O–H groups in total. The first kappa shape index (κ1) is 12.6. The Morgan fingerprint density at radius 2 is 1.82 bits per heavy atom. The number of hydrogen-bond acceptors (Lipinski definition) is 1. The smallest absolute Gasteiger partial charge is 0.123 e. The molecule has 0 radical (unpaired) electrons. The van der Waals surface area contributed by atoms with E-state index < -0.39 is 0 Å². The zero-order valence-electron chi connectivity index (χ0n) is 10.7. The molecule has 1 nitrogen and oxygen atoms in total. The minimum absolute atomic E-state index is 0.130. The van der Waals surface area contributed by atoms with Gasteiger partial charge in [-0.05, 0) is 62.5 Å². The van der Waals surface area contributed by atoms with E-state index in [1.807, 2.05) is 12.1 Å². The summed E-state index contributed by atoms with van der Waals surface area (Å²) in [5, 5.41) is 0. The van der Waals surface area contributed by atoms with Crippen LogP contribution in [0.15, 0.2) is 24.3 Å². The first-order chi connectivity index (χ1) is 8.29. The summed E-state index contributed by atoms with van der Waals surface area (Å²) in [5.74, 6) is 0.502. The molecular formula is C15H22FN. The van der Waals surface area contributed by atoms with Crippen molar-refractivity contribution >= 4 is 0 Å². The van der Waals surface area contributed by atoms with E-state index in [1.165, 1.54) is 50.9 Å². The lowest BCUT2D eigenvalue weighted by molar-refractivity contribution is 0.209. The van der Waals surface area contributed by atoms with Crippen LogP contribution in [0.1, 0.15) is 44.1 Å². The average Bonchev–Trinajstić information content (AvgIpc) is 2.38. The fourth-order valence-electron chi connectivity index (χ4n) is 2.61. The Kier molecular flexibility index (Phi) is 4.55. The minimum Gasteiger partial charge on any atom is -0.303 e. The number of halogens is 1. The van der Waals surface area contributed by atoms with Crippen molar-refractivity contribution in [2.75, 3.05) is 19.6 Å². The normalized spacial score (nSPS) is 18.5. The van der Waals surface area contributed by atoms with Gasteiger partial charge in [-0.2, -0.15) is 0 Å². The van der Waals surface area contributed by atoms with Crippen molar-refractivity contribution in [3.63, 3.8) is 0 Å². The van der Waals surface area contributed by atoms with Crippen molar-refractivity contribution in [3.8, 4) is 0 Å². The molecule has 0 aliphatic carbocycles. The van der Waals surface area contributed by atoms with Gasteiger partial charge in [-0.1, -0.05) is 25.5 Å². The highest BCUT2D eigenvalue weighted by Gasteiger charge is 2.19. The number of unbranched alkanes of at least 4 members (excludes halogenated alkanes) is 1. The summed E-state index contributed by atoms with van der Waals surface area (Å²) >= 11 is 0. The molecule has 0 spiro atoms. The molecule has 17 heavy (non-hydrogen) atoms. The van der Waals surface area contributed by atoms with Crippen LogP contribution in [-0.2, 0) is 0 Å². The van der Waals surface area contributed by atoms with Crippen molar-refractivity contribution in [1.29, 1.82) is 0 Å². The maximum Gasteiger partial charge on any atom is 0.123 e. The van der Waals surface area contributed by atoms with Gasteiger partial charge in [-0.25, -0.2) is 4.39 Å². The van der Waals surface area contributed by atoms with E-state index in [-0.39, 0.29) is 5.82 Å². The maximum absolute atomic E-state index is 12.8. The third kappa shape index (κ3) is 3.53. The number of benzene rings is 1. The second kappa shape index (κ2) is 6.15. The summed E-state index contributed by atoms with van der Waals surface area (Å²) in [6.45, 7) is 5.88. The number of rotatable bonds is 4. The maximum atomic E-state index is 12.8. The molecule has 2 rings (SSSR count). The van der Waals surface area contributed by atoms with Gasteiger partial charge in [0.1, 0.15) is 5.82 Å². The SMILES string of the molecule is CCCCN1CCC(c2ccc(F)cc2)CC1. The lowest BCUT2D eigenvalue weighted by atomic mass is 9.89. The van der Waals surface area contributed by atoms with Crippen molar-refractivity contribution < 1.29 is 4.39 Å². The largest absolute Gasteiger partial charge is 0.303 e. The number of likely N-dealkylation sites (tertiary alicyclic amines) is 1. The highest BCUT2D eigenvalue weighted by atomic mass is 19.1. The van der Waals surface area contributed by atoms with Crippen molar-refractivity contribution in [2.45, 2.75) is 38.5 Å². The Labute approximate surface area is 104 Å². The fourth-order valence-corrected chi connectivity index (χ4v) is 2.61. The molecule has 1 aliphatic heterocycles. The molecule has 1 aromatic carbocycles. The Morgan fingerprint density at radius 1 is 1.18 bits per heavy atom. The molecule has 2 heteroatoms. The summed E-state index contributed by atoms with van der Waals surface area (Å²) in [5.41, 5.74) is 1.31. The molecule has 1 aliphatic rings. The van der Waals surface area contributed by atoms with Gasteiger partial charge in [0.2, 0.25) is 0 Å². The number of hydrogen-bond donors (Lipinski definition) is 0. The molecule has 0 saturated carbocycles. The van der Waals surface area contributed by atoms with Gasteiger partial charge in [-0.3, -0.25) is 0 Å². The van der Waals surface area contributed by atoms with Crippen LogP contribution in [0.5, 0.6) is 0 Å². The van der Waals surface area contributed by atoms with Crippen LogP contribution < -0.4 is 0 Å². The van der Waals surface area contributed by atoms with Gasteiger partial charge in [0, 0.05) is 0 Å². The molecule has 0 amide bonds. The van der Waals surface area contributed by atoms with E-state index in [2.05, 4.69) is 11.8 Å². The first-order valence-corrected chi connectivity index (χ1v) is 6.77. The fraction of sp³-hybridized carbons (Fsp3) is 0.600. The molecule has 0 atom stereocenters. The molecule has 0 aromatic heterocycles. The van der Waals surface area contributed by atoms with Crippen LogP contribution in [0, 0.1) is 5.82 Å². The zero-order chi connectivity index (χ0) is 12.1. The summed E-state index contributed by atoms with van der Waals surface area (Å²) in [7, 11) is 0. The Hall–Kier alpha value is -0.890. The molecule has 94 valence electrons. The molecule has 1 saturated heterocycles. The summed E-state index contributed by atoms with van der Waals surface area (Å²) < 4.78 is 12.8. The molecule has 1 aromatic rings. The first-order valence-electron chi connectivity index (χ1n) is 6.77. The van der Waals surface area contributed by atoms with E-state index in [0.717, 1.165) is 0 Å². The lowest BCUT2D eigenvalue weighted by Gasteiger charge is -2.32. The van der Waals surface area contributed by atoms with E-state index in [4.69, 9.17) is 0 Å². The monoisotopic (exact) mass is 235 g/mol. The van der Waals surface area contributed by atoms with Crippen LogP contribution in [-0.4, -0.2) is 24.5 Å². The van der Waals surface area contributed by atoms with Crippen LogP contribution in [0.4, 0.5) is 4.39 Å². The van der Waals surface area contributed by atoms with Crippen LogP contribution in [0.3, 0.4) is 0 Å². The Balaban J connectivity index is 1.84. The highest BCUT2D eigenvalue weighted by molar-refractivity contribution is 5.21. The second-order valence-electron chi connectivity index (χ2n) is 5.02. The number of nitrogens with zero attached hydrogens (tertiary/aromatic N) is 1. The van der Waals surface area contributed by atoms with E-state index in [1.54, 1.807) is 12.1 Å². The zero-order valence-corrected chi connectivity index (χ0v) is 10.7. The summed E-state index contributed by atoms with van der Waals surface area (Å²) in [6.07, 6.45) is 5.02. The van der Waals surface area contributed by atoms with Crippen molar-refractivity contribution in [2.24, 2.45) is 0 Å². The van der Waals surface area contributed by atoms with Gasteiger partial charge in [0.15, 0.2) is 0 Å². The van der Waals surface area contributed by atoms with Crippen LogP contribution in [0.25, 0.3) is 0 Å². The third-order valence-corrected chi connectivity index (χ3v) is 3.76. The average molecular weight is 235 g/mol. The molecule has 0 unspecified atom stereocenters. The second-order valence-corrected chi connectivity index (χ2v) is 5.02. The molecule has 1 heterocycles. The third-order valence-electron chi connectivity index (χ3n) is 3.76. The standard InChI is InChI=1S/C15H22FN/c1-2-3-10-17-11-8-14(9-12-17)13-4-6-15(16)7-5-13/h4-7,14H,2-3,8-12H2,1H3. The Morgan fingerprint density at radius 3 is 2.41 bits per heavy atom. The quantitative estimate of drug-likeness (QED) is 0.767. The predicted octanol–water partition coefficient (Wildman–Crippen LogP) is 3.81. The molecule has 0 bridgehead atoms. The van der Waals surface area contributed by atoms with Gasteiger partial charge in [0.25, 0.3) is 0 Å². The highest BCUT2D eigenvalue weighted by Crippen LogP contribution is 2.28. The molecular weight excluding hydrogens is 213 g/mol. The van der Waals surface area contributed by atoms with Gasteiger partial charge < -0.3 is 4.90 Å². The van der Waals surface area contributed by atoms with Gasteiger partial charge in [-0.15, -0.1) is 0 Å². The number of piperidine rings is 1. The topological polar surface area (TPSA) is 3.24 Å².